The summed E-state index contributed by atoms with van der Waals surface area (Å²) < 4.78 is 28.2. The Morgan fingerprint density at radius 3 is 2.57 bits per heavy atom. The topological polar surface area (TPSA) is 75.4 Å². The minimum Gasteiger partial charge on any atom is -0.326 e. The van der Waals surface area contributed by atoms with Gasteiger partial charge in [0.1, 0.15) is 4.21 Å². The molecule has 0 aromatic carbocycles. The molecule has 0 amide bonds. The van der Waals surface area contributed by atoms with Crippen molar-refractivity contribution in [1.82, 2.24) is 9.62 Å². The number of fused-ring (bicyclic) bond motifs is 2. The van der Waals surface area contributed by atoms with Gasteiger partial charge in [-0.05, 0) is 44.9 Å². The summed E-state index contributed by atoms with van der Waals surface area (Å²) >= 11 is 1.26. The van der Waals surface area contributed by atoms with Crippen molar-refractivity contribution >= 4 is 21.4 Å². The quantitative estimate of drug-likeness (QED) is 0.878. The molecular formula is C14H23N3O2S2. The maximum Gasteiger partial charge on any atom is 0.250 e. The van der Waals surface area contributed by atoms with Crippen molar-refractivity contribution < 1.29 is 8.42 Å². The van der Waals surface area contributed by atoms with Gasteiger partial charge >= 0.3 is 0 Å². The summed E-state index contributed by atoms with van der Waals surface area (Å²) in [5, 5.41) is 0. The van der Waals surface area contributed by atoms with E-state index in [9.17, 15) is 8.42 Å². The van der Waals surface area contributed by atoms with Gasteiger partial charge in [-0.15, -0.1) is 11.3 Å². The summed E-state index contributed by atoms with van der Waals surface area (Å²) in [4.78, 5) is 3.34. The van der Waals surface area contributed by atoms with E-state index in [1.165, 1.54) is 30.6 Å². The third-order valence-corrected chi connectivity index (χ3v) is 7.88. The van der Waals surface area contributed by atoms with Gasteiger partial charge in [-0.2, -0.15) is 0 Å². The Kier molecular flexibility index (Phi) is 4.38. The van der Waals surface area contributed by atoms with Crippen LogP contribution < -0.4 is 10.5 Å². The van der Waals surface area contributed by atoms with Gasteiger partial charge in [0, 0.05) is 29.5 Å². The van der Waals surface area contributed by atoms with E-state index in [0.29, 0.717) is 22.8 Å². The second kappa shape index (κ2) is 5.96. The Labute approximate surface area is 130 Å². The lowest BCUT2D eigenvalue weighted by Crippen LogP contribution is -2.55. The Morgan fingerprint density at radius 2 is 2.00 bits per heavy atom. The van der Waals surface area contributed by atoms with Crippen molar-refractivity contribution in [3.63, 3.8) is 0 Å². The van der Waals surface area contributed by atoms with Crippen LogP contribution in [0.5, 0.6) is 0 Å². The molecule has 3 heterocycles. The van der Waals surface area contributed by atoms with Crippen LogP contribution in [-0.4, -0.2) is 38.5 Å². The van der Waals surface area contributed by atoms with E-state index < -0.39 is 10.0 Å². The summed E-state index contributed by atoms with van der Waals surface area (Å²) in [5.41, 5.74) is 5.56. The Hall–Kier alpha value is -0.470. The zero-order chi connectivity index (χ0) is 15.0. The van der Waals surface area contributed by atoms with E-state index in [0.717, 1.165) is 17.7 Å². The molecule has 0 saturated carbocycles. The molecule has 21 heavy (non-hydrogen) atoms. The van der Waals surface area contributed by atoms with E-state index in [4.69, 9.17) is 5.73 Å². The molecule has 2 aliphatic rings. The number of thiophene rings is 1. The molecule has 7 heteroatoms. The second-order valence-corrected chi connectivity index (χ2v) is 9.23. The highest BCUT2D eigenvalue weighted by molar-refractivity contribution is 7.91. The highest BCUT2D eigenvalue weighted by Crippen LogP contribution is 2.33. The van der Waals surface area contributed by atoms with Gasteiger partial charge in [-0.1, -0.05) is 6.42 Å². The van der Waals surface area contributed by atoms with E-state index in [-0.39, 0.29) is 6.04 Å². The summed E-state index contributed by atoms with van der Waals surface area (Å²) in [6.45, 7) is 0.387. The number of rotatable bonds is 4. The highest BCUT2D eigenvalue weighted by Gasteiger charge is 2.37. The van der Waals surface area contributed by atoms with Gasteiger partial charge in [-0.25, -0.2) is 13.1 Å². The molecule has 1 aromatic heterocycles. The first kappa shape index (κ1) is 15.4. The van der Waals surface area contributed by atoms with Crippen LogP contribution in [0.15, 0.2) is 16.3 Å². The molecule has 2 aliphatic heterocycles. The average Bonchev–Trinajstić information content (AvgIpc) is 2.89. The molecule has 0 spiro atoms. The lowest BCUT2D eigenvalue weighted by Gasteiger charge is -2.47. The Morgan fingerprint density at radius 1 is 1.33 bits per heavy atom. The predicted octanol–water partition coefficient (Wildman–Crippen LogP) is 1.50. The van der Waals surface area contributed by atoms with Gasteiger partial charge in [-0.3, -0.25) is 0 Å². The maximum atomic E-state index is 12.5. The van der Waals surface area contributed by atoms with Gasteiger partial charge in [0.2, 0.25) is 10.0 Å². The van der Waals surface area contributed by atoms with Crippen LogP contribution in [0.2, 0.25) is 0 Å². The second-order valence-electron chi connectivity index (χ2n) is 6.12. The lowest BCUT2D eigenvalue weighted by molar-refractivity contribution is 0.0536. The molecule has 2 fully saturated rings. The monoisotopic (exact) mass is 329 g/mol. The first-order valence-corrected chi connectivity index (χ1v) is 9.82. The summed E-state index contributed by atoms with van der Waals surface area (Å²) in [7, 11) is -1.23. The Balaban J connectivity index is 1.71. The summed E-state index contributed by atoms with van der Waals surface area (Å²) in [5.74, 6) is 0. The first-order chi connectivity index (χ1) is 9.99. The zero-order valence-electron chi connectivity index (χ0n) is 12.3. The van der Waals surface area contributed by atoms with Crippen LogP contribution in [0.1, 0.15) is 37.0 Å². The van der Waals surface area contributed by atoms with Gasteiger partial charge in [0.25, 0.3) is 0 Å². The van der Waals surface area contributed by atoms with Crippen molar-refractivity contribution in [2.24, 2.45) is 5.73 Å². The molecule has 2 atom stereocenters. The van der Waals surface area contributed by atoms with Crippen molar-refractivity contribution in [2.45, 2.75) is 61.0 Å². The van der Waals surface area contributed by atoms with Crippen molar-refractivity contribution in [3.05, 3.63) is 17.0 Å². The predicted molar refractivity (Wildman–Crippen MR) is 84.7 cm³/mol. The number of sulfonamides is 1. The number of nitrogens with two attached hydrogens (primary N) is 1. The summed E-state index contributed by atoms with van der Waals surface area (Å²) in [6.07, 6.45) is 5.47. The van der Waals surface area contributed by atoms with Gasteiger partial charge < -0.3 is 10.6 Å². The smallest absolute Gasteiger partial charge is 0.250 e. The van der Waals surface area contributed by atoms with Crippen molar-refractivity contribution in [3.8, 4) is 0 Å². The highest BCUT2D eigenvalue weighted by atomic mass is 32.2. The van der Waals surface area contributed by atoms with Crippen LogP contribution in [0.3, 0.4) is 0 Å². The third kappa shape index (κ3) is 3.17. The number of hydrogen-bond acceptors (Lipinski definition) is 5. The molecule has 0 aliphatic carbocycles. The van der Waals surface area contributed by atoms with Gasteiger partial charge in [0.05, 0.1) is 0 Å². The normalized spacial score (nSPS) is 30.5. The molecule has 3 rings (SSSR count). The minimum atomic E-state index is -3.40. The van der Waals surface area contributed by atoms with Crippen LogP contribution in [0.25, 0.3) is 0 Å². The molecule has 2 bridgehead atoms. The Bertz CT molecular complexity index is 585. The molecule has 5 nitrogen and oxygen atoms in total. The zero-order valence-corrected chi connectivity index (χ0v) is 13.9. The number of hydrogen-bond donors (Lipinski definition) is 2. The first-order valence-electron chi connectivity index (χ1n) is 7.52. The average molecular weight is 329 g/mol. The van der Waals surface area contributed by atoms with Gasteiger partial charge in [0.15, 0.2) is 0 Å². The summed E-state index contributed by atoms with van der Waals surface area (Å²) in [6, 6.07) is 4.55. The number of nitrogens with zero attached hydrogens (tertiary/aromatic N) is 1. The van der Waals surface area contributed by atoms with Crippen LogP contribution >= 0.6 is 11.3 Å². The lowest BCUT2D eigenvalue weighted by atomic mass is 9.83. The largest absolute Gasteiger partial charge is 0.326 e. The standard InChI is InChI=1S/C14H23N3O2S2/c1-17-11-3-2-4-12(17)8-10(7-11)16-21(18,19)14-6-5-13(9-15)20-14/h5-6,10-12,16H,2-4,7-9,15H2,1H3. The molecule has 3 N–H and O–H groups in total. The number of nitrogens with one attached hydrogen (secondary N) is 1. The van der Waals surface area contributed by atoms with Crippen LogP contribution in [-0.2, 0) is 16.6 Å². The molecule has 1 aromatic rings. The van der Waals surface area contributed by atoms with Crippen molar-refractivity contribution in [2.75, 3.05) is 7.05 Å². The number of piperidine rings is 2. The minimum absolute atomic E-state index is 0.0601. The molecule has 0 radical (unpaired) electrons. The van der Waals surface area contributed by atoms with E-state index in [1.54, 1.807) is 12.1 Å². The fraction of sp³-hybridized carbons (Fsp3) is 0.714. The fourth-order valence-corrected chi connectivity index (χ4v) is 6.11. The molecular weight excluding hydrogens is 306 g/mol. The van der Waals surface area contributed by atoms with Crippen LogP contribution in [0.4, 0.5) is 0 Å². The van der Waals surface area contributed by atoms with E-state index in [2.05, 4.69) is 16.7 Å². The molecule has 2 saturated heterocycles. The van der Waals surface area contributed by atoms with E-state index in [1.807, 2.05) is 0 Å². The SMILES string of the molecule is CN1C2CCCC1CC(NS(=O)(=O)c1ccc(CN)s1)C2. The van der Waals surface area contributed by atoms with E-state index >= 15 is 0 Å². The fourth-order valence-electron chi connectivity index (χ4n) is 3.60. The molecule has 118 valence electrons. The van der Waals surface area contributed by atoms with Crippen LogP contribution in [0, 0.1) is 0 Å². The molecule has 2 unspecified atom stereocenters. The maximum absolute atomic E-state index is 12.5. The third-order valence-electron chi connectivity index (χ3n) is 4.76. The van der Waals surface area contributed by atoms with Crippen molar-refractivity contribution in [1.29, 1.82) is 0 Å².